The number of aromatic nitrogens is 2. The Balaban J connectivity index is 1.42. The van der Waals surface area contributed by atoms with Gasteiger partial charge in [-0.15, -0.1) is 0 Å². The molecule has 0 aromatic carbocycles. The van der Waals surface area contributed by atoms with Crippen molar-refractivity contribution < 1.29 is 0 Å². The fraction of sp³-hybridized carbons (Fsp3) is 0.765. The molecule has 5 nitrogen and oxygen atoms in total. The second-order valence-corrected chi connectivity index (χ2v) is 6.83. The third-order valence-corrected chi connectivity index (χ3v) is 5.08. The molecule has 0 radical (unpaired) electrons. The lowest BCUT2D eigenvalue weighted by Crippen LogP contribution is -2.48. The van der Waals surface area contributed by atoms with E-state index in [0.717, 1.165) is 31.2 Å². The van der Waals surface area contributed by atoms with Crippen molar-refractivity contribution in [1.29, 1.82) is 0 Å². The number of hydrogen-bond acceptors (Lipinski definition) is 4. The lowest BCUT2D eigenvalue weighted by Gasteiger charge is -2.35. The molecule has 0 amide bonds. The van der Waals surface area contributed by atoms with Crippen molar-refractivity contribution in [3.63, 3.8) is 0 Å². The Hall–Kier alpha value is -1.20. The maximum atomic E-state index is 11.8. The molecule has 2 fully saturated rings. The molecular weight excluding hydrogens is 276 g/mol. The molecule has 1 aromatic rings. The summed E-state index contributed by atoms with van der Waals surface area (Å²) in [4.78, 5) is 16.9. The van der Waals surface area contributed by atoms with E-state index in [1.54, 1.807) is 16.8 Å². The van der Waals surface area contributed by atoms with Crippen LogP contribution in [0.3, 0.4) is 0 Å². The van der Waals surface area contributed by atoms with Gasteiger partial charge in [-0.1, -0.05) is 12.8 Å². The quantitative estimate of drug-likeness (QED) is 0.824. The number of hydrogen-bond donors (Lipinski definition) is 0. The average molecular weight is 304 g/mol. The zero-order valence-corrected chi connectivity index (χ0v) is 13.7. The Morgan fingerprint density at radius 2 is 1.73 bits per heavy atom. The molecule has 5 heteroatoms. The molecule has 1 saturated carbocycles. The van der Waals surface area contributed by atoms with Crippen LogP contribution in [0.1, 0.15) is 31.4 Å². The summed E-state index contributed by atoms with van der Waals surface area (Å²) in [6.45, 7) is 9.43. The highest BCUT2D eigenvalue weighted by molar-refractivity contribution is 4.97. The smallest absolute Gasteiger partial charge is 0.266 e. The monoisotopic (exact) mass is 304 g/mol. The molecule has 0 bridgehead atoms. The highest BCUT2D eigenvalue weighted by Crippen LogP contribution is 2.25. The van der Waals surface area contributed by atoms with E-state index >= 15 is 0 Å². The number of piperazine rings is 1. The van der Waals surface area contributed by atoms with E-state index in [0.29, 0.717) is 6.54 Å². The van der Waals surface area contributed by atoms with Crippen molar-refractivity contribution in [3.8, 4) is 0 Å². The summed E-state index contributed by atoms with van der Waals surface area (Å²) in [5.74, 6) is 0.946. The number of aryl methyl sites for hydroxylation is 1. The second-order valence-electron chi connectivity index (χ2n) is 6.83. The van der Waals surface area contributed by atoms with E-state index in [4.69, 9.17) is 0 Å². The van der Waals surface area contributed by atoms with Crippen LogP contribution in [-0.4, -0.2) is 58.8 Å². The first kappa shape index (κ1) is 15.7. The van der Waals surface area contributed by atoms with Crippen molar-refractivity contribution >= 4 is 0 Å². The van der Waals surface area contributed by atoms with Crippen LogP contribution in [0.4, 0.5) is 0 Å². The third kappa shape index (κ3) is 4.17. The van der Waals surface area contributed by atoms with Gasteiger partial charge in [-0.3, -0.25) is 9.69 Å². The maximum absolute atomic E-state index is 11.8. The fourth-order valence-corrected chi connectivity index (χ4v) is 3.70. The predicted octanol–water partition coefficient (Wildman–Crippen LogP) is 1.36. The third-order valence-electron chi connectivity index (χ3n) is 5.08. The molecule has 0 atom stereocenters. The van der Waals surface area contributed by atoms with Crippen molar-refractivity contribution in [2.45, 2.75) is 39.2 Å². The van der Waals surface area contributed by atoms with Gasteiger partial charge in [-0.25, -0.2) is 4.68 Å². The zero-order valence-electron chi connectivity index (χ0n) is 13.7. The summed E-state index contributed by atoms with van der Waals surface area (Å²) in [5.41, 5.74) is 0.909. The van der Waals surface area contributed by atoms with Gasteiger partial charge in [0, 0.05) is 45.3 Å². The van der Waals surface area contributed by atoms with Crippen LogP contribution in [0.15, 0.2) is 16.9 Å². The topological polar surface area (TPSA) is 41.4 Å². The maximum Gasteiger partial charge on any atom is 0.266 e. The SMILES string of the molecule is Cc1ccc(=O)n(CCN2CCN(CC3CCCC3)CC2)n1. The van der Waals surface area contributed by atoms with Gasteiger partial charge < -0.3 is 4.90 Å². The van der Waals surface area contributed by atoms with Gasteiger partial charge in [0.2, 0.25) is 0 Å². The largest absolute Gasteiger partial charge is 0.301 e. The van der Waals surface area contributed by atoms with Crippen molar-refractivity contribution in [3.05, 3.63) is 28.2 Å². The fourth-order valence-electron chi connectivity index (χ4n) is 3.70. The molecule has 0 N–H and O–H groups in total. The Bertz CT molecular complexity index is 528. The second kappa shape index (κ2) is 7.38. The minimum absolute atomic E-state index is 0.00506. The Labute approximate surface area is 132 Å². The zero-order chi connectivity index (χ0) is 15.4. The number of nitrogens with zero attached hydrogens (tertiary/aromatic N) is 4. The summed E-state index contributed by atoms with van der Waals surface area (Å²) in [7, 11) is 0. The van der Waals surface area contributed by atoms with Crippen LogP contribution >= 0.6 is 0 Å². The van der Waals surface area contributed by atoms with Crippen molar-refractivity contribution in [1.82, 2.24) is 19.6 Å². The molecule has 122 valence electrons. The van der Waals surface area contributed by atoms with Crippen molar-refractivity contribution in [2.24, 2.45) is 5.92 Å². The van der Waals surface area contributed by atoms with Crippen LogP contribution in [0, 0.1) is 12.8 Å². The lowest BCUT2D eigenvalue weighted by atomic mass is 10.1. The van der Waals surface area contributed by atoms with Crippen molar-refractivity contribution in [2.75, 3.05) is 39.3 Å². The van der Waals surface area contributed by atoms with E-state index in [1.165, 1.54) is 45.3 Å². The molecule has 2 aliphatic rings. The summed E-state index contributed by atoms with van der Waals surface area (Å²) >= 11 is 0. The first-order valence-electron chi connectivity index (χ1n) is 8.70. The van der Waals surface area contributed by atoms with E-state index in [2.05, 4.69) is 14.9 Å². The van der Waals surface area contributed by atoms with Crippen LogP contribution in [0.25, 0.3) is 0 Å². The van der Waals surface area contributed by atoms with Gasteiger partial charge in [-0.2, -0.15) is 5.10 Å². The molecule has 1 aliphatic carbocycles. The highest BCUT2D eigenvalue weighted by Gasteiger charge is 2.22. The summed E-state index contributed by atoms with van der Waals surface area (Å²) in [5, 5.41) is 4.31. The summed E-state index contributed by atoms with van der Waals surface area (Å²) < 4.78 is 1.60. The molecule has 22 heavy (non-hydrogen) atoms. The van der Waals surface area contributed by atoms with Crippen LogP contribution in [0.5, 0.6) is 0 Å². The minimum atomic E-state index is 0.00506. The van der Waals surface area contributed by atoms with E-state index in [1.807, 2.05) is 6.92 Å². The molecule has 1 aromatic heterocycles. The van der Waals surface area contributed by atoms with Gasteiger partial charge >= 0.3 is 0 Å². The Kier molecular flexibility index (Phi) is 5.26. The molecule has 1 aliphatic heterocycles. The molecule has 0 unspecified atom stereocenters. The first-order chi connectivity index (χ1) is 10.7. The minimum Gasteiger partial charge on any atom is -0.301 e. The molecule has 3 rings (SSSR count). The molecule has 2 heterocycles. The average Bonchev–Trinajstić information content (AvgIpc) is 3.03. The van der Waals surface area contributed by atoms with Gasteiger partial charge in [0.15, 0.2) is 0 Å². The predicted molar refractivity (Wildman–Crippen MR) is 88.1 cm³/mol. The lowest BCUT2D eigenvalue weighted by molar-refractivity contribution is 0.114. The Morgan fingerprint density at radius 1 is 1.05 bits per heavy atom. The number of rotatable bonds is 5. The highest BCUT2D eigenvalue weighted by atomic mass is 16.1. The van der Waals surface area contributed by atoms with Gasteiger partial charge in [0.25, 0.3) is 5.56 Å². The van der Waals surface area contributed by atoms with E-state index in [9.17, 15) is 4.79 Å². The molecule has 1 saturated heterocycles. The van der Waals surface area contributed by atoms with Gasteiger partial charge in [-0.05, 0) is 31.7 Å². The summed E-state index contributed by atoms with van der Waals surface area (Å²) in [6.07, 6.45) is 5.73. The van der Waals surface area contributed by atoms with Crippen LogP contribution in [-0.2, 0) is 6.54 Å². The van der Waals surface area contributed by atoms with E-state index in [-0.39, 0.29) is 5.56 Å². The first-order valence-corrected chi connectivity index (χ1v) is 8.70. The van der Waals surface area contributed by atoms with Gasteiger partial charge in [0.1, 0.15) is 0 Å². The molecule has 0 spiro atoms. The van der Waals surface area contributed by atoms with E-state index < -0.39 is 0 Å². The van der Waals surface area contributed by atoms with Crippen LogP contribution < -0.4 is 5.56 Å². The van der Waals surface area contributed by atoms with Gasteiger partial charge in [0.05, 0.1) is 12.2 Å². The Morgan fingerprint density at radius 3 is 2.45 bits per heavy atom. The molecular formula is C17H28N4O. The standard InChI is InChI=1S/C17H28N4O/c1-15-6-7-17(22)21(18-15)13-12-19-8-10-20(11-9-19)14-16-4-2-3-5-16/h6-7,16H,2-5,8-14H2,1H3. The van der Waals surface area contributed by atoms with Crippen LogP contribution in [0.2, 0.25) is 0 Å². The normalized spacial score (nSPS) is 21.5. The summed E-state index contributed by atoms with van der Waals surface area (Å²) in [6, 6.07) is 3.39.